The minimum absolute atomic E-state index is 0.185. The van der Waals surface area contributed by atoms with Crippen LogP contribution in [0.1, 0.15) is 5.82 Å². The van der Waals surface area contributed by atoms with E-state index in [2.05, 4.69) is 21.0 Å². The van der Waals surface area contributed by atoms with E-state index in [1.807, 2.05) is 24.3 Å². The van der Waals surface area contributed by atoms with Gasteiger partial charge in [-0.2, -0.15) is 5.26 Å². The van der Waals surface area contributed by atoms with Gasteiger partial charge >= 0.3 is 0 Å². The van der Waals surface area contributed by atoms with Gasteiger partial charge in [-0.15, -0.1) is 0 Å². The molecular formula is C13H10N6. The third-order valence-electron chi connectivity index (χ3n) is 2.79. The number of anilines is 1. The molecule has 2 N–H and O–H groups in total. The minimum atomic E-state index is 0.185. The summed E-state index contributed by atoms with van der Waals surface area (Å²) >= 11 is 0. The van der Waals surface area contributed by atoms with Crippen molar-refractivity contribution in [2.75, 3.05) is 5.73 Å². The summed E-state index contributed by atoms with van der Waals surface area (Å²) in [6, 6.07) is 9.71. The predicted molar refractivity (Wildman–Crippen MR) is 70.4 cm³/mol. The summed E-state index contributed by atoms with van der Waals surface area (Å²) in [6.45, 7) is 0. The molecule has 2 aromatic heterocycles. The highest BCUT2D eigenvalue weighted by atomic mass is 15.2. The van der Waals surface area contributed by atoms with Crippen LogP contribution in [0, 0.1) is 11.3 Å². The molecule has 0 amide bonds. The summed E-state index contributed by atoms with van der Waals surface area (Å²) in [7, 11) is 0. The van der Waals surface area contributed by atoms with E-state index >= 15 is 0 Å². The van der Waals surface area contributed by atoms with Crippen molar-refractivity contribution in [2.45, 2.75) is 6.42 Å². The molecule has 0 bridgehead atoms. The highest BCUT2D eigenvalue weighted by Crippen LogP contribution is 2.22. The highest BCUT2D eigenvalue weighted by Gasteiger charge is 2.15. The molecule has 0 radical (unpaired) electrons. The first-order chi connectivity index (χ1) is 9.31. The van der Waals surface area contributed by atoms with Gasteiger partial charge in [0.25, 0.3) is 0 Å². The normalized spacial score (nSPS) is 10.5. The average molecular weight is 250 g/mol. The monoisotopic (exact) mass is 250 g/mol. The van der Waals surface area contributed by atoms with Crippen LogP contribution >= 0.6 is 0 Å². The van der Waals surface area contributed by atoms with Gasteiger partial charge in [-0.25, -0.2) is 15.0 Å². The number of hydrogen-bond donors (Lipinski definition) is 1. The van der Waals surface area contributed by atoms with E-state index in [4.69, 9.17) is 11.0 Å². The van der Waals surface area contributed by atoms with Crippen LogP contribution < -0.4 is 5.73 Å². The van der Waals surface area contributed by atoms with Crippen molar-refractivity contribution in [1.29, 1.82) is 5.26 Å². The number of para-hydroxylation sites is 2. The second-order valence-corrected chi connectivity index (χ2v) is 3.95. The maximum Gasteiger partial charge on any atom is 0.181 e. The fraction of sp³-hybridized carbons (Fsp3) is 0.0769. The van der Waals surface area contributed by atoms with Gasteiger partial charge in [-0.1, -0.05) is 12.1 Å². The molecule has 0 aliphatic heterocycles. The average Bonchev–Trinajstić information content (AvgIpc) is 2.78. The third-order valence-corrected chi connectivity index (χ3v) is 2.79. The number of imidazole rings is 1. The van der Waals surface area contributed by atoms with Crippen LogP contribution in [0.25, 0.3) is 16.9 Å². The quantitative estimate of drug-likeness (QED) is 0.743. The van der Waals surface area contributed by atoms with E-state index in [9.17, 15) is 0 Å². The molecule has 6 nitrogen and oxygen atoms in total. The Morgan fingerprint density at radius 1 is 1.21 bits per heavy atom. The van der Waals surface area contributed by atoms with Crippen molar-refractivity contribution >= 4 is 16.9 Å². The van der Waals surface area contributed by atoms with Crippen LogP contribution in [0.5, 0.6) is 0 Å². The van der Waals surface area contributed by atoms with Gasteiger partial charge in [0.1, 0.15) is 5.82 Å². The van der Waals surface area contributed by atoms with Gasteiger partial charge in [-0.05, 0) is 12.1 Å². The fourth-order valence-electron chi connectivity index (χ4n) is 2.02. The van der Waals surface area contributed by atoms with Crippen LogP contribution in [-0.2, 0) is 6.42 Å². The molecular weight excluding hydrogens is 240 g/mol. The molecule has 3 rings (SSSR count). The Bertz CT molecular complexity index is 783. The van der Waals surface area contributed by atoms with E-state index in [0.29, 0.717) is 17.5 Å². The Morgan fingerprint density at radius 3 is 2.79 bits per heavy atom. The Labute approximate surface area is 109 Å². The van der Waals surface area contributed by atoms with E-state index in [1.165, 1.54) is 6.20 Å². The zero-order valence-electron chi connectivity index (χ0n) is 9.98. The largest absolute Gasteiger partial charge is 0.381 e. The van der Waals surface area contributed by atoms with Crippen LogP contribution in [0.2, 0.25) is 0 Å². The van der Waals surface area contributed by atoms with Crippen molar-refractivity contribution in [3.63, 3.8) is 0 Å². The minimum Gasteiger partial charge on any atom is -0.381 e. The van der Waals surface area contributed by atoms with Gasteiger partial charge in [0.15, 0.2) is 11.6 Å². The lowest BCUT2D eigenvalue weighted by Gasteiger charge is -2.07. The summed E-state index contributed by atoms with van der Waals surface area (Å²) in [4.78, 5) is 12.7. The number of nitrogens with zero attached hydrogens (tertiary/aromatic N) is 5. The molecule has 6 heteroatoms. The number of nitriles is 1. The molecule has 92 valence electrons. The van der Waals surface area contributed by atoms with Crippen LogP contribution in [0.3, 0.4) is 0 Å². The standard InChI is InChI=1S/C13H10N6/c14-6-5-11-18-9-3-1-2-4-10(9)19(11)13-12(15)16-7-8-17-13/h1-4,7-8H,5H2,(H2,15,16). The zero-order valence-corrected chi connectivity index (χ0v) is 9.98. The topological polar surface area (TPSA) is 93.4 Å². The number of benzene rings is 1. The first-order valence-electron chi connectivity index (χ1n) is 5.71. The first kappa shape index (κ1) is 11.2. The summed E-state index contributed by atoms with van der Waals surface area (Å²) in [6.07, 6.45) is 3.28. The Kier molecular flexibility index (Phi) is 2.58. The van der Waals surface area contributed by atoms with Crippen LogP contribution in [-0.4, -0.2) is 19.5 Å². The van der Waals surface area contributed by atoms with Crippen molar-refractivity contribution in [3.05, 3.63) is 42.5 Å². The molecule has 0 atom stereocenters. The molecule has 0 saturated heterocycles. The summed E-state index contributed by atoms with van der Waals surface area (Å²) < 4.78 is 1.78. The molecule has 0 unspecified atom stereocenters. The predicted octanol–water partition coefficient (Wildman–Crippen LogP) is 1.46. The summed E-state index contributed by atoms with van der Waals surface area (Å²) in [5, 5.41) is 8.91. The number of nitrogens with two attached hydrogens (primary N) is 1. The van der Waals surface area contributed by atoms with Crippen molar-refractivity contribution in [3.8, 4) is 11.9 Å². The first-order valence-corrected chi connectivity index (χ1v) is 5.71. The summed E-state index contributed by atoms with van der Waals surface area (Å²) in [5.41, 5.74) is 7.53. The molecule has 1 aromatic carbocycles. The Balaban J connectivity index is 2.35. The number of aromatic nitrogens is 4. The molecule has 0 fully saturated rings. The molecule has 0 aliphatic rings. The van der Waals surface area contributed by atoms with Gasteiger partial charge in [0.2, 0.25) is 0 Å². The molecule has 2 heterocycles. The van der Waals surface area contributed by atoms with E-state index < -0.39 is 0 Å². The van der Waals surface area contributed by atoms with Gasteiger partial charge < -0.3 is 5.73 Å². The van der Waals surface area contributed by atoms with Crippen molar-refractivity contribution < 1.29 is 0 Å². The fourth-order valence-corrected chi connectivity index (χ4v) is 2.02. The molecule has 0 saturated carbocycles. The van der Waals surface area contributed by atoms with E-state index in [-0.39, 0.29) is 6.42 Å². The highest BCUT2D eigenvalue weighted by molar-refractivity contribution is 5.78. The smallest absolute Gasteiger partial charge is 0.181 e. The number of nitrogen functional groups attached to an aromatic ring is 1. The van der Waals surface area contributed by atoms with Gasteiger partial charge in [0.05, 0.1) is 23.5 Å². The number of rotatable bonds is 2. The van der Waals surface area contributed by atoms with Crippen LogP contribution in [0.4, 0.5) is 5.82 Å². The molecule has 3 aromatic rings. The molecule has 0 aliphatic carbocycles. The SMILES string of the molecule is N#CCc1nc2ccccc2n1-c1nccnc1N. The van der Waals surface area contributed by atoms with Crippen molar-refractivity contribution in [1.82, 2.24) is 19.5 Å². The Hall–Kier alpha value is -2.94. The zero-order chi connectivity index (χ0) is 13.2. The van der Waals surface area contributed by atoms with Crippen LogP contribution in [0.15, 0.2) is 36.7 Å². The molecule has 19 heavy (non-hydrogen) atoms. The summed E-state index contributed by atoms with van der Waals surface area (Å²) in [5.74, 6) is 1.42. The number of hydrogen-bond acceptors (Lipinski definition) is 5. The van der Waals surface area contributed by atoms with E-state index in [0.717, 1.165) is 11.0 Å². The number of fused-ring (bicyclic) bond motifs is 1. The maximum absolute atomic E-state index is 8.91. The maximum atomic E-state index is 8.91. The van der Waals surface area contributed by atoms with Crippen molar-refractivity contribution in [2.24, 2.45) is 0 Å². The third kappa shape index (κ3) is 1.77. The lowest BCUT2D eigenvalue weighted by molar-refractivity contribution is 0.915. The Morgan fingerprint density at radius 2 is 2.00 bits per heavy atom. The second kappa shape index (κ2) is 4.38. The van der Waals surface area contributed by atoms with E-state index in [1.54, 1.807) is 10.8 Å². The van der Waals surface area contributed by atoms with Gasteiger partial charge in [0, 0.05) is 12.4 Å². The molecule has 0 spiro atoms. The lowest BCUT2D eigenvalue weighted by atomic mass is 10.3. The second-order valence-electron chi connectivity index (χ2n) is 3.95. The lowest BCUT2D eigenvalue weighted by Crippen LogP contribution is -2.07. The van der Waals surface area contributed by atoms with Gasteiger partial charge in [-0.3, -0.25) is 4.57 Å².